The van der Waals surface area contributed by atoms with Gasteiger partial charge in [-0.2, -0.15) is 0 Å². The van der Waals surface area contributed by atoms with E-state index < -0.39 is 0 Å². The molecular weight excluding hydrogens is 400 g/mol. The molecule has 0 unspecified atom stereocenters. The highest BCUT2D eigenvalue weighted by Gasteiger charge is 2.37. The van der Waals surface area contributed by atoms with Gasteiger partial charge in [0.05, 0.1) is 12.0 Å². The summed E-state index contributed by atoms with van der Waals surface area (Å²) in [5.74, 6) is 1.08. The third-order valence-corrected chi connectivity index (χ3v) is 7.95. The summed E-state index contributed by atoms with van der Waals surface area (Å²) in [6.45, 7) is 8.76. The molecule has 0 fully saturated rings. The van der Waals surface area contributed by atoms with Gasteiger partial charge in [-0.3, -0.25) is 0 Å². The van der Waals surface area contributed by atoms with Crippen LogP contribution in [-0.2, 0) is 5.41 Å². The second-order valence-corrected chi connectivity index (χ2v) is 9.91. The zero-order valence-electron chi connectivity index (χ0n) is 18.5. The van der Waals surface area contributed by atoms with Gasteiger partial charge in [0.25, 0.3) is 0 Å². The van der Waals surface area contributed by atoms with Crippen molar-refractivity contribution in [2.75, 3.05) is 7.11 Å². The Bertz CT molecular complexity index is 1330. The predicted molar refractivity (Wildman–Crippen MR) is 130 cm³/mol. The summed E-state index contributed by atoms with van der Waals surface area (Å²) in [6, 6.07) is 21.1. The van der Waals surface area contributed by atoms with E-state index in [1.807, 2.05) is 12.1 Å². The molecule has 0 amide bonds. The first-order valence-electron chi connectivity index (χ1n) is 10.5. The van der Waals surface area contributed by atoms with E-state index in [0.29, 0.717) is 5.75 Å². The molecule has 0 aromatic heterocycles. The number of hydrogen-bond donors (Lipinski definition) is 1. The van der Waals surface area contributed by atoms with Crippen LogP contribution in [0.1, 0.15) is 36.1 Å². The molecular formula is C28H26O2S. The van der Waals surface area contributed by atoms with Gasteiger partial charge in [0.2, 0.25) is 0 Å². The van der Waals surface area contributed by atoms with E-state index in [1.54, 1.807) is 18.9 Å². The Balaban J connectivity index is 1.81. The Hall–Kier alpha value is -2.91. The van der Waals surface area contributed by atoms with Gasteiger partial charge in [0, 0.05) is 15.7 Å². The molecule has 156 valence electrons. The van der Waals surface area contributed by atoms with Crippen molar-refractivity contribution in [3.63, 3.8) is 0 Å². The molecule has 5 rings (SSSR count). The van der Waals surface area contributed by atoms with Crippen LogP contribution in [0.2, 0.25) is 0 Å². The minimum atomic E-state index is -0.155. The number of hydrogen-bond acceptors (Lipinski definition) is 3. The monoisotopic (exact) mass is 426 g/mol. The molecule has 0 saturated carbocycles. The summed E-state index contributed by atoms with van der Waals surface area (Å²) >= 11 is 1.73. The molecule has 0 heterocycles. The first-order valence-corrected chi connectivity index (χ1v) is 11.4. The number of benzene rings is 4. The number of phenolic OH excluding ortho intramolecular Hbond substituents is 1. The summed E-state index contributed by atoms with van der Waals surface area (Å²) in [5.41, 5.74) is 7.29. The van der Waals surface area contributed by atoms with Crippen molar-refractivity contribution in [2.24, 2.45) is 0 Å². The minimum Gasteiger partial charge on any atom is -0.507 e. The number of aryl methyl sites for hydroxylation is 2. The number of fused-ring (bicyclic) bond motifs is 5. The van der Waals surface area contributed by atoms with Gasteiger partial charge >= 0.3 is 0 Å². The first-order chi connectivity index (χ1) is 14.8. The van der Waals surface area contributed by atoms with Crippen molar-refractivity contribution in [2.45, 2.75) is 42.9 Å². The van der Waals surface area contributed by atoms with E-state index >= 15 is 0 Å². The Morgan fingerprint density at radius 3 is 2.26 bits per heavy atom. The second-order valence-electron chi connectivity index (χ2n) is 8.86. The fraction of sp³-hybridized carbons (Fsp3) is 0.214. The fourth-order valence-corrected chi connectivity index (χ4v) is 5.99. The van der Waals surface area contributed by atoms with Crippen LogP contribution >= 0.6 is 11.8 Å². The zero-order valence-corrected chi connectivity index (χ0v) is 19.4. The SMILES string of the molecule is COc1cc2c(O)cc3c(c2cc1Sc1c(C)cccc1C)-c1ccccc1C3(C)C. The lowest BCUT2D eigenvalue weighted by Crippen LogP contribution is -2.14. The molecule has 0 aliphatic heterocycles. The smallest absolute Gasteiger partial charge is 0.133 e. The predicted octanol–water partition coefficient (Wildman–Crippen LogP) is 7.63. The summed E-state index contributed by atoms with van der Waals surface area (Å²) in [4.78, 5) is 2.31. The van der Waals surface area contributed by atoms with Gasteiger partial charge in [-0.15, -0.1) is 0 Å². The quantitative estimate of drug-likeness (QED) is 0.365. The van der Waals surface area contributed by atoms with Crippen molar-refractivity contribution in [3.8, 4) is 22.6 Å². The maximum absolute atomic E-state index is 11.0. The number of rotatable bonds is 3. The Kier molecular flexibility index (Phi) is 4.56. The van der Waals surface area contributed by atoms with Crippen LogP contribution in [0.15, 0.2) is 70.5 Å². The standard InChI is InChI=1S/C28H26O2S/c1-16-9-8-10-17(2)27(16)31-25-14-20-19(13-24(25)30-5)23(29)15-22-26(20)18-11-6-7-12-21(18)28(22,3)4/h6-15,29H,1-5H3. The second kappa shape index (κ2) is 7.06. The van der Waals surface area contributed by atoms with Gasteiger partial charge < -0.3 is 9.84 Å². The van der Waals surface area contributed by atoms with Crippen LogP contribution in [0.5, 0.6) is 11.5 Å². The topological polar surface area (TPSA) is 29.5 Å². The highest BCUT2D eigenvalue weighted by molar-refractivity contribution is 7.99. The highest BCUT2D eigenvalue weighted by atomic mass is 32.2. The largest absolute Gasteiger partial charge is 0.507 e. The van der Waals surface area contributed by atoms with Crippen LogP contribution in [0.25, 0.3) is 21.9 Å². The average molecular weight is 427 g/mol. The summed E-state index contributed by atoms with van der Waals surface area (Å²) in [6.07, 6.45) is 0. The lowest BCUT2D eigenvalue weighted by molar-refractivity contribution is 0.405. The van der Waals surface area contributed by atoms with Gasteiger partial charge in [-0.25, -0.2) is 0 Å². The normalized spacial score (nSPS) is 13.8. The molecule has 1 N–H and O–H groups in total. The number of aromatic hydroxyl groups is 1. The average Bonchev–Trinajstić information content (AvgIpc) is 2.98. The van der Waals surface area contributed by atoms with Crippen LogP contribution < -0.4 is 4.74 Å². The number of phenols is 1. The molecule has 0 spiro atoms. The molecule has 0 radical (unpaired) electrons. The van der Waals surface area contributed by atoms with Gasteiger partial charge in [-0.05, 0) is 70.8 Å². The first kappa shape index (κ1) is 20.0. The van der Waals surface area contributed by atoms with E-state index in [4.69, 9.17) is 4.74 Å². The van der Waals surface area contributed by atoms with E-state index in [-0.39, 0.29) is 5.41 Å². The third-order valence-electron chi connectivity index (χ3n) is 6.56. The van der Waals surface area contributed by atoms with E-state index in [0.717, 1.165) is 21.4 Å². The number of ether oxygens (including phenoxy) is 1. The summed E-state index contributed by atoms with van der Waals surface area (Å²) in [5, 5.41) is 12.9. The molecule has 0 atom stereocenters. The molecule has 2 nitrogen and oxygen atoms in total. The molecule has 4 aromatic rings. The summed E-state index contributed by atoms with van der Waals surface area (Å²) in [7, 11) is 1.69. The van der Waals surface area contributed by atoms with Crippen molar-refractivity contribution in [1.29, 1.82) is 0 Å². The lowest BCUT2D eigenvalue weighted by atomic mass is 9.82. The van der Waals surface area contributed by atoms with Crippen LogP contribution in [0.4, 0.5) is 0 Å². The Morgan fingerprint density at radius 2 is 1.55 bits per heavy atom. The van der Waals surface area contributed by atoms with Crippen molar-refractivity contribution < 1.29 is 9.84 Å². The lowest BCUT2D eigenvalue weighted by Gasteiger charge is -2.22. The van der Waals surface area contributed by atoms with E-state index in [9.17, 15) is 5.11 Å². The maximum atomic E-state index is 11.0. The third kappa shape index (κ3) is 2.95. The fourth-order valence-electron chi connectivity index (χ4n) is 4.89. The maximum Gasteiger partial charge on any atom is 0.133 e. The molecule has 0 saturated heterocycles. The molecule has 0 bridgehead atoms. The molecule has 3 heteroatoms. The van der Waals surface area contributed by atoms with Crippen LogP contribution in [0.3, 0.4) is 0 Å². The van der Waals surface area contributed by atoms with Crippen LogP contribution in [0, 0.1) is 13.8 Å². The molecule has 31 heavy (non-hydrogen) atoms. The van der Waals surface area contributed by atoms with Crippen molar-refractivity contribution in [3.05, 3.63) is 82.9 Å². The molecule has 4 aromatic carbocycles. The minimum absolute atomic E-state index is 0.155. The summed E-state index contributed by atoms with van der Waals surface area (Å²) < 4.78 is 5.76. The number of methoxy groups -OCH3 is 1. The van der Waals surface area contributed by atoms with Crippen molar-refractivity contribution in [1.82, 2.24) is 0 Å². The zero-order chi connectivity index (χ0) is 21.9. The van der Waals surface area contributed by atoms with E-state index in [2.05, 4.69) is 76.2 Å². The highest BCUT2D eigenvalue weighted by Crippen LogP contribution is 2.54. The van der Waals surface area contributed by atoms with Crippen LogP contribution in [-0.4, -0.2) is 12.2 Å². The molecule has 1 aliphatic rings. The van der Waals surface area contributed by atoms with Gasteiger partial charge in [0.1, 0.15) is 11.5 Å². The van der Waals surface area contributed by atoms with Gasteiger partial charge in [-0.1, -0.05) is 68.1 Å². The van der Waals surface area contributed by atoms with Crippen molar-refractivity contribution >= 4 is 22.5 Å². The van der Waals surface area contributed by atoms with E-state index in [1.165, 1.54) is 38.3 Å². The Morgan fingerprint density at radius 1 is 0.839 bits per heavy atom. The Labute approximate surface area is 187 Å². The van der Waals surface area contributed by atoms with Gasteiger partial charge in [0.15, 0.2) is 0 Å². The molecule has 1 aliphatic carbocycles.